The molecule has 3 aromatic carbocycles. The zero-order chi connectivity index (χ0) is 27.8. The second kappa shape index (κ2) is 13.6. The molecule has 0 spiro atoms. The van der Waals surface area contributed by atoms with Crippen molar-refractivity contribution >= 4 is 23.3 Å². The lowest BCUT2D eigenvalue weighted by Gasteiger charge is -2.30. The summed E-state index contributed by atoms with van der Waals surface area (Å²) in [5, 5.41) is 21.8. The Morgan fingerprint density at radius 1 is 0.947 bits per heavy atom. The fraction of sp³-hybridized carbons (Fsp3) is 0.310. The Labute approximate surface area is 225 Å². The number of hydrogen-bond donors (Lipinski definition) is 3. The molecule has 0 radical (unpaired) electrons. The summed E-state index contributed by atoms with van der Waals surface area (Å²) in [6.07, 6.45) is -2.70. The largest absolute Gasteiger partial charge is 0.390 e. The van der Waals surface area contributed by atoms with Crippen LogP contribution in [-0.2, 0) is 24.2 Å². The number of benzene rings is 3. The molecule has 6 nitrogen and oxygen atoms in total. The zero-order valence-corrected chi connectivity index (χ0v) is 21.7. The van der Waals surface area contributed by atoms with Gasteiger partial charge in [0, 0.05) is 42.2 Å². The summed E-state index contributed by atoms with van der Waals surface area (Å²) in [4.78, 5) is 27.2. The van der Waals surface area contributed by atoms with Gasteiger partial charge in [-0.2, -0.15) is 0 Å². The van der Waals surface area contributed by atoms with Crippen LogP contribution in [0.15, 0.2) is 66.7 Å². The van der Waals surface area contributed by atoms with Gasteiger partial charge in [-0.25, -0.2) is 8.78 Å². The minimum absolute atomic E-state index is 0.0427. The van der Waals surface area contributed by atoms with E-state index >= 15 is 0 Å². The maximum absolute atomic E-state index is 13.6. The summed E-state index contributed by atoms with van der Waals surface area (Å²) in [7, 11) is 0. The minimum Gasteiger partial charge on any atom is -0.390 e. The van der Waals surface area contributed by atoms with Crippen LogP contribution in [0.25, 0.3) is 0 Å². The second-order valence-corrected chi connectivity index (χ2v) is 9.70. The molecule has 0 fully saturated rings. The number of hydrogen-bond acceptors (Lipinski definition) is 5. The quantitative estimate of drug-likeness (QED) is 0.298. The summed E-state index contributed by atoms with van der Waals surface area (Å²) >= 11 is 5.94. The van der Waals surface area contributed by atoms with Gasteiger partial charge in [0.2, 0.25) is 0 Å². The molecule has 1 amide bonds. The highest BCUT2D eigenvalue weighted by atomic mass is 35.5. The highest BCUT2D eigenvalue weighted by Gasteiger charge is 2.29. The van der Waals surface area contributed by atoms with Gasteiger partial charge in [0.05, 0.1) is 6.10 Å². The molecule has 1 unspecified atom stereocenters. The Balaban J connectivity index is 1.77. The van der Waals surface area contributed by atoms with Gasteiger partial charge in [-0.15, -0.1) is 0 Å². The molecular weight excluding hydrogens is 514 g/mol. The first-order valence-corrected chi connectivity index (χ1v) is 12.7. The van der Waals surface area contributed by atoms with Crippen LogP contribution in [0.1, 0.15) is 40.4 Å². The van der Waals surface area contributed by atoms with Gasteiger partial charge in [0.15, 0.2) is 5.78 Å². The third-order valence-electron chi connectivity index (χ3n) is 6.19. The van der Waals surface area contributed by atoms with E-state index in [0.717, 1.165) is 35.7 Å². The molecule has 0 heterocycles. The van der Waals surface area contributed by atoms with Gasteiger partial charge in [-0.3, -0.25) is 9.59 Å². The Hall–Kier alpha value is -3.17. The Morgan fingerprint density at radius 3 is 2.26 bits per heavy atom. The average Bonchev–Trinajstić information content (AvgIpc) is 2.87. The molecule has 0 saturated heterocycles. The van der Waals surface area contributed by atoms with E-state index in [1.807, 2.05) is 31.2 Å². The van der Waals surface area contributed by atoms with Gasteiger partial charge >= 0.3 is 0 Å². The number of halogens is 3. The van der Waals surface area contributed by atoms with Gasteiger partial charge in [0.1, 0.15) is 17.7 Å². The van der Waals surface area contributed by atoms with Crippen molar-refractivity contribution in [3.8, 4) is 0 Å². The summed E-state index contributed by atoms with van der Waals surface area (Å²) in [5.74, 6) is -2.75. The van der Waals surface area contributed by atoms with Crippen molar-refractivity contribution in [1.82, 2.24) is 4.90 Å². The molecule has 0 bridgehead atoms. The van der Waals surface area contributed by atoms with Gasteiger partial charge in [0.25, 0.3) is 5.91 Å². The first kappa shape index (κ1) is 29.4. The van der Waals surface area contributed by atoms with E-state index in [1.54, 1.807) is 12.1 Å². The number of aliphatic hydroxyl groups is 2. The van der Waals surface area contributed by atoms with Crippen LogP contribution in [0.4, 0.5) is 8.78 Å². The number of ketones is 1. The molecular formula is C29H31ClF2N2O4. The molecule has 3 rings (SSSR count). The number of aliphatic hydroxyl groups excluding tert-OH is 2. The van der Waals surface area contributed by atoms with Crippen molar-refractivity contribution in [3.05, 3.63) is 106 Å². The maximum atomic E-state index is 13.6. The van der Waals surface area contributed by atoms with E-state index in [0.29, 0.717) is 5.02 Å². The number of nitrogens with two attached hydrogens (primary N) is 1. The predicted molar refractivity (Wildman–Crippen MR) is 142 cm³/mol. The molecule has 3 atom stereocenters. The fourth-order valence-corrected chi connectivity index (χ4v) is 4.34. The number of rotatable bonds is 12. The second-order valence-electron chi connectivity index (χ2n) is 9.26. The lowest BCUT2D eigenvalue weighted by Crippen LogP contribution is -2.49. The van der Waals surface area contributed by atoms with Crippen LogP contribution in [0.2, 0.25) is 5.02 Å². The summed E-state index contributed by atoms with van der Waals surface area (Å²) in [6.45, 7) is 1.77. The standard InChI is InChI=1S/C29H31ClF2N2O4/c1-2-18-5-3-6-19(9-18)16-34(17-28(37)25(33)12-20-10-23(31)14-24(32)11-20)29(38)27(36)15-26(35)21-7-4-8-22(30)13-21/h3-11,13-14,25,27-28,36-37H,2,12,15-17,33H2,1H3/t25-,27?,28+/m0/s1. The van der Waals surface area contributed by atoms with Crippen molar-refractivity contribution in [2.75, 3.05) is 6.54 Å². The number of aryl methyl sites for hydroxylation is 1. The molecule has 4 N–H and O–H groups in total. The van der Waals surface area contributed by atoms with Crippen LogP contribution in [0.5, 0.6) is 0 Å². The monoisotopic (exact) mass is 544 g/mol. The molecule has 0 aliphatic rings. The van der Waals surface area contributed by atoms with Crippen LogP contribution in [0, 0.1) is 11.6 Å². The van der Waals surface area contributed by atoms with E-state index in [9.17, 15) is 28.6 Å². The number of nitrogens with zero attached hydrogens (tertiary/aromatic N) is 1. The maximum Gasteiger partial charge on any atom is 0.252 e. The van der Waals surface area contributed by atoms with Crippen molar-refractivity contribution in [2.45, 2.75) is 51.0 Å². The van der Waals surface area contributed by atoms with Gasteiger partial charge in [-0.1, -0.05) is 54.9 Å². The summed E-state index contributed by atoms with van der Waals surface area (Å²) in [6, 6.07) is 15.7. The Kier molecular flexibility index (Phi) is 10.5. The normalized spacial score (nSPS) is 13.6. The first-order valence-electron chi connectivity index (χ1n) is 12.3. The van der Waals surface area contributed by atoms with E-state index in [2.05, 4.69) is 0 Å². The number of amides is 1. The molecule has 0 aliphatic heterocycles. The fourth-order valence-electron chi connectivity index (χ4n) is 4.15. The summed E-state index contributed by atoms with van der Waals surface area (Å²) < 4.78 is 27.2. The number of Topliss-reactive ketones (excluding diaryl/α,β-unsaturated/α-hetero) is 1. The topological polar surface area (TPSA) is 104 Å². The van der Waals surface area contributed by atoms with E-state index in [1.165, 1.54) is 17.0 Å². The van der Waals surface area contributed by atoms with Crippen molar-refractivity contribution in [2.24, 2.45) is 5.73 Å². The molecule has 0 aromatic heterocycles. The van der Waals surface area contributed by atoms with E-state index in [4.69, 9.17) is 17.3 Å². The zero-order valence-electron chi connectivity index (χ0n) is 21.0. The highest BCUT2D eigenvalue weighted by molar-refractivity contribution is 6.31. The third kappa shape index (κ3) is 8.43. The van der Waals surface area contributed by atoms with E-state index in [-0.39, 0.29) is 30.6 Å². The smallest absolute Gasteiger partial charge is 0.252 e. The molecule has 0 aliphatic carbocycles. The van der Waals surface area contributed by atoms with Crippen molar-refractivity contribution in [3.63, 3.8) is 0 Å². The van der Waals surface area contributed by atoms with Crippen molar-refractivity contribution in [1.29, 1.82) is 0 Å². The van der Waals surface area contributed by atoms with Crippen LogP contribution < -0.4 is 5.73 Å². The Morgan fingerprint density at radius 2 is 1.61 bits per heavy atom. The molecule has 0 saturated carbocycles. The SMILES string of the molecule is CCc1cccc(CN(C[C@@H](O)[C@@H](N)Cc2cc(F)cc(F)c2)C(=O)C(O)CC(=O)c2cccc(Cl)c2)c1. The summed E-state index contributed by atoms with van der Waals surface area (Å²) in [5.41, 5.74) is 8.44. The highest BCUT2D eigenvalue weighted by Crippen LogP contribution is 2.17. The van der Waals surface area contributed by atoms with Crippen LogP contribution in [0.3, 0.4) is 0 Å². The number of carbonyl (C=O) groups is 2. The van der Waals surface area contributed by atoms with Crippen LogP contribution >= 0.6 is 11.6 Å². The van der Waals surface area contributed by atoms with Crippen molar-refractivity contribution < 1.29 is 28.6 Å². The molecule has 38 heavy (non-hydrogen) atoms. The molecule has 202 valence electrons. The minimum atomic E-state index is -1.67. The molecule has 9 heteroatoms. The average molecular weight is 545 g/mol. The van der Waals surface area contributed by atoms with Crippen LogP contribution in [-0.4, -0.2) is 51.6 Å². The predicted octanol–water partition coefficient (Wildman–Crippen LogP) is 4.07. The Bertz CT molecular complexity index is 1250. The van der Waals surface area contributed by atoms with Gasteiger partial charge in [-0.05, 0) is 53.8 Å². The first-order chi connectivity index (χ1) is 18.0. The molecule has 3 aromatic rings. The van der Waals surface area contributed by atoms with Gasteiger partial charge < -0.3 is 20.8 Å². The lowest BCUT2D eigenvalue weighted by atomic mass is 10.00. The van der Waals surface area contributed by atoms with E-state index < -0.39 is 48.0 Å². The lowest BCUT2D eigenvalue weighted by molar-refractivity contribution is -0.142. The number of carbonyl (C=O) groups excluding carboxylic acids is 2. The third-order valence-corrected chi connectivity index (χ3v) is 6.43.